The third-order valence-corrected chi connectivity index (χ3v) is 2.15. The Morgan fingerprint density at radius 2 is 2.12 bits per heavy atom. The second kappa shape index (κ2) is 4.61. The molecule has 0 unspecified atom stereocenters. The molecule has 0 radical (unpaired) electrons. The monoisotopic (exact) mass is 219 g/mol. The molecule has 0 bridgehead atoms. The summed E-state index contributed by atoms with van der Waals surface area (Å²) in [6.45, 7) is 0. The van der Waals surface area contributed by atoms with Gasteiger partial charge in [-0.3, -0.25) is 0 Å². The van der Waals surface area contributed by atoms with Crippen LogP contribution >= 0.6 is 0 Å². The predicted molar refractivity (Wildman–Crippen MR) is 57.5 cm³/mol. The van der Waals surface area contributed by atoms with Crippen LogP contribution in [0, 0.1) is 0 Å². The first kappa shape index (κ1) is 10.4. The fourth-order valence-electron chi connectivity index (χ4n) is 1.37. The molecule has 0 fully saturated rings. The van der Waals surface area contributed by atoms with E-state index < -0.39 is 5.83 Å². The first-order chi connectivity index (χ1) is 7.79. The summed E-state index contributed by atoms with van der Waals surface area (Å²) in [5, 5.41) is 8.44. The molecule has 0 saturated carbocycles. The smallest absolute Gasteiger partial charge is 0.225 e. The average molecular weight is 219 g/mol. The van der Waals surface area contributed by atoms with Gasteiger partial charge in [-0.2, -0.15) is 0 Å². The number of aromatic nitrogens is 1. The fraction of sp³-hybridized carbons (Fsp3) is 0.0833. The number of halogens is 1. The minimum atomic E-state index is -0.566. The molecule has 2 aromatic rings. The van der Waals surface area contributed by atoms with Crippen LogP contribution in [0.15, 0.2) is 53.2 Å². The molecule has 1 aromatic heterocycles. The van der Waals surface area contributed by atoms with E-state index in [2.05, 4.69) is 4.98 Å². The normalized spacial score (nSPS) is 11.7. The largest absolute Gasteiger partial charge is 0.513 e. The van der Waals surface area contributed by atoms with Crippen LogP contribution in [0.2, 0.25) is 0 Å². The molecule has 0 saturated heterocycles. The van der Waals surface area contributed by atoms with Gasteiger partial charge in [0.05, 0.1) is 6.20 Å². The zero-order chi connectivity index (χ0) is 11.4. The van der Waals surface area contributed by atoms with Crippen LogP contribution in [-0.2, 0) is 6.42 Å². The molecule has 0 atom stereocenters. The summed E-state index contributed by atoms with van der Waals surface area (Å²) in [7, 11) is 0. The van der Waals surface area contributed by atoms with E-state index in [-0.39, 0.29) is 6.42 Å². The minimum Gasteiger partial charge on any atom is -0.513 e. The van der Waals surface area contributed by atoms with E-state index in [9.17, 15) is 4.39 Å². The Bertz CT molecular complexity index is 474. The Balaban J connectivity index is 2.17. The SMILES string of the molecule is O/C=C(\F)Cc1ccc(-c2ncco2)cc1. The van der Waals surface area contributed by atoms with E-state index in [1.54, 1.807) is 30.5 Å². The van der Waals surface area contributed by atoms with Crippen molar-refractivity contribution in [2.24, 2.45) is 0 Å². The lowest BCUT2D eigenvalue weighted by atomic mass is 10.1. The highest BCUT2D eigenvalue weighted by atomic mass is 19.1. The third kappa shape index (κ3) is 2.28. The Morgan fingerprint density at radius 3 is 2.69 bits per heavy atom. The standard InChI is InChI=1S/C12H10FNO2/c13-11(8-15)7-9-1-3-10(4-2-9)12-14-5-6-16-12/h1-6,8,15H,7H2/b11-8-. The van der Waals surface area contributed by atoms with Crippen molar-refractivity contribution < 1.29 is 13.9 Å². The highest BCUT2D eigenvalue weighted by molar-refractivity contribution is 5.53. The van der Waals surface area contributed by atoms with Crippen molar-refractivity contribution >= 4 is 0 Å². The Morgan fingerprint density at radius 1 is 1.38 bits per heavy atom. The topological polar surface area (TPSA) is 46.3 Å². The first-order valence-electron chi connectivity index (χ1n) is 4.77. The van der Waals surface area contributed by atoms with Gasteiger partial charge >= 0.3 is 0 Å². The molecule has 3 nitrogen and oxygen atoms in total. The van der Waals surface area contributed by atoms with Crippen LogP contribution in [0.4, 0.5) is 4.39 Å². The summed E-state index contributed by atoms with van der Waals surface area (Å²) in [5.74, 6) is -0.0337. The van der Waals surface area contributed by atoms with Gasteiger partial charge in [0.25, 0.3) is 0 Å². The number of oxazole rings is 1. The molecule has 16 heavy (non-hydrogen) atoms. The number of allylic oxidation sites excluding steroid dienone is 1. The van der Waals surface area contributed by atoms with E-state index in [0.29, 0.717) is 12.2 Å². The molecule has 1 N–H and O–H groups in total. The molecular formula is C12H10FNO2. The molecule has 0 aliphatic rings. The van der Waals surface area contributed by atoms with Crippen molar-refractivity contribution in [3.63, 3.8) is 0 Å². The van der Waals surface area contributed by atoms with Crippen molar-refractivity contribution in [2.75, 3.05) is 0 Å². The van der Waals surface area contributed by atoms with Crippen LogP contribution < -0.4 is 0 Å². The maximum absolute atomic E-state index is 12.8. The lowest BCUT2D eigenvalue weighted by Crippen LogP contribution is -1.86. The average Bonchev–Trinajstić information content (AvgIpc) is 2.83. The number of rotatable bonds is 3. The Hall–Kier alpha value is -2.10. The van der Waals surface area contributed by atoms with E-state index in [4.69, 9.17) is 9.52 Å². The quantitative estimate of drug-likeness (QED) is 0.806. The van der Waals surface area contributed by atoms with E-state index >= 15 is 0 Å². The molecule has 0 aliphatic heterocycles. The van der Waals surface area contributed by atoms with Gasteiger partial charge in [-0.1, -0.05) is 12.1 Å². The van der Waals surface area contributed by atoms with Crippen molar-refractivity contribution in [2.45, 2.75) is 6.42 Å². The number of hydrogen-bond acceptors (Lipinski definition) is 3. The number of aliphatic hydroxyl groups excluding tert-OH is 1. The second-order valence-corrected chi connectivity index (χ2v) is 3.29. The molecule has 4 heteroatoms. The highest BCUT2D eigenvalue weighted by Gasteiger charge is 2.03. The molecule has 0 spiro atoms. The molecule has 2 rings (SSSR count). The van der Waals surface area contributed by atoms with Gasteiger partial charge < -0.3 is 9.52 Å². The van der Waals surface area contributed by atoms with Gasteiger partial charge in [-0.05, 0) is 17.7 Å². The molecule has 0 amide bonds. The molecule has 1 heterocycles. The van der Waals surface area contributed by atoms with Crippen molar-refractivity contribution in [1.82, 2.24) is 4.98 Å². The van der Waals surface area contributed by atoms with Gasteiger partial charge in [0.2, 0.25) is 5.89 Å². The van der Waals surface area contributed by atoms with Gasteiger partial charge in [0, 0.05) is 12.0 Å². The van der Waals surface area contributed by atoms with Crippen molar-refractivity contribution in [3.05, 3.63) is 54.4 Å². The number of hydrogen-bond donors (Lipinski definition) is 1. The van der Waals surface area contributed by atoms with Crippen LogP contribution in [0.5, 0.6) is 0 Å². The lowest BCUT2D eigenvalue weighted by Gasteiger charge is -1.99. The van der Waals surface area contributed by atoms with Crippen LogP contribution in [0.1, 0.15) is 5.56 Å². The summed E-state index contributed by atoms with van der Waals surface area (Å²) < 4.78 is 17.9. The molecular weight excluding hydrogens is 209 g/mol. The van der Waals surface area contributed by atoms with E-state index in [1.165, 1.54) is 6.26 Å². The number of aliphatic hydroxyl groups is 1. The highest BCUT2D eigenvalue weighted by Crippen LogP contribution is 2.18. The van der Waals surface area contributed by atoms with Gasteiger partial charge in [0.15, 0.2) is 0 Å². The Kier molecular flexibility index (Phi) is 3.00. The van der Waals surface area contributed by atoms with Crippen LogP contribution in [0.3, 0.4) is 0 Å². The summed E-state index contributed by atoms with van der Waals surface area (Å²) in [5.41, 5.74) is 1.61. The Labute approximate surface area is 91.9 Å². The van der Waals surface area contributed by atoms with Crippen LogP contribution in [0.25, 0.3) is 11.5 Å². The minimum absolute atomic E-state index is 0.0857. The zero-order valence-corrected chi connectivity index (χ0v) is 8.43. The van der Waals surface area contributed by atoms with Gasteiger partial charge in [-0.15, -0.1) is 0 Å². The van der Waals surface area contributed by atoms with Gasteiger partial charge in [-0.25, -0.2) is 9.37 Å². The predicted octanol–water partition coefficient (Wildman–Crippen LogP) is 3.25. The maximum atomic E-state index is 12.8. The van der Waals surface area contributed by atoms with E-state index in [0.717, 1.165) is 11.1 Å². The molecule has 82 valence electrons. The fourth-order valence-corrected chi connectivity index (χ4v) is 1.37. The molecule has 1 aromatic carbocycles. The van der Waals surface area contributed by atoms with Crippen LogP contribution in [-0.4, -0.2) is 10.1 Å². The maximum Gasteiger partial charge on any atom is 0.225 e. The zero-order valence-electron chi connectivity index (χ0n) is 8.43. The lowest BCUT2D eigenvalue weighted by molar-refractivity contribution is 0.435. The van der Waals surface area contributed by atoms with Gasteiger partial charge in [0.1, 0.15) is 18.4 Å². The number of benzene rings is 1. The molecule has 0 aliphatic carbocycles. The summed E-state index contributed by atoms with van der Waals surface area (Å²) >= 11 is 0. The third-order valence-electron chi connectivity index (χ3n) is 2.15. The van der Waals surface area contributed by atoms with Crippen molar-refractivity contribution in [1.29, 1.82) is 0 Å². The first-order valence-corrected chi connectivity index (χ1v) is 4.77. The second-order valence-electron chi connectivity index (χ2n) is 3.29. The number of nitrogens with zero attached hydrogens (tertiary/aromatic N) is 1. The summed E-state index contributed by atoms with van der Waals surface area (Å²) in [6, 6.07) is 7.13. The summed E-state index contributed by atoms with van der Waals surface area (Å²) in [4.78, 5) is 4.00. The summed E-state index contributed by atoms with van der Waals surface area (Å²) in [6.07, 6.45) is 3.62. The van der Waals surface area contributed by atoms with Crippen molar-refractivity contribution in [3.8, 4) is 11.5 Å². The van der Waals surface area contributed by atoms with E-state index in [1.807, 2.05) is 0 Å².